The van der Waals surface area contributed by atoms with Crippen LogP contribution in [0, 0.1) is 11.8 Å². The molecule has 3 atom stereocenters. The van der Waals surface area contributed by atoms with Crippen molar-refractivity contribution in [3.05, 3.63) is 0 Å². The lowest BCUT2D eigenvalue weighted by atomic mass is 9.69. The average molecular weight is 239 g/mol. The van der Waals surface area contributed by atoms with E-state index in [4.69, 9.17) is 4.74 Å². The van der Waals surface area contributed by atoms with E-state index in [1.54, 1.807) is 0 Å². The molecule has 0 heterocycles. The van der Waals surface area contributed by atoms with Gasteiger partial charge in [-0.25, -0.2) is 4.79 Å². The van der Waals surface area contributed by atoms with E-state index in [9.17, 15) is 4.79 Å². The van der Waals surface area contributed by atoms with Crippen LogP contribution in [0.3, 0.4) is 0 Å². The molecule has 0 aromatic rings. The summed E-state index contributed by atoms with van der Waals surface area (Å²) in [5.74, 6) is 1.78. The van der Waals surface area contributed by atoms with Crippen molar-refractivity contribution < 1.29 is 9.53 Å². The van der Waals surface area contributed by atoms with E-state index in [1.165, 1.54) is 32.1 Å². The normalized spacial score (nSPS) is 33.0. The molecule has 0 aromatic heterocycles. The van der Waals surface area contributed by atoms with Gasteiger partial charge in [-0.2, -0.15) is 0 Å². The second-order valence-electron chi connectivity index (χ2n) is 5.91. The SMILES string of the molecule is CC(C)OC(=O)N[C@H]1CC[C@@H]2CCCC[C@@H]2C1. The van der Waals surface area contributed by atoms with Gasteiger partial charge in [-0.1, -0.05) is 25.7 Å². The first kappa shape index (κ1) is 12.7. The maximum absolute atomic E-state index is 11.5. The molecule has 0 saturated heterocycles. The standard InChI is InChI=1S/C14H25NO2/c1-10(2)17-14(16)15-13-8-7-11-5-3-4-6-12(11)9-13/h10-13H,3-9H2,1-2H3,(H,15,16)/t11-,12+,13-/m0/s1. The smallest absolute Gasteiger partial charge is 0.407 e. The van der Waals surface area contributed by atoms with E-state index in [1.807, 2.05) is 13.8 Å². The zero-order chi connectivity index (χ0) is 12.3. The molecule has 0 unspecified atom stereocenters. The lowest BCUT2D eigenvalue weighted by Gasteiger charge is -2.39. The molecule has 1 N–H and O–H groups in total. The molecule has 3 heteroatoms. The Labute approximate surface area is 104 Å². The molecule has 0 bridgehead atoms. The highest BCUT2D eigenvalue weighted by molar-refractivity contribution is 5.67. The van der Waals surface area contributed by atoms with Gasteiger partial charge in [0.1, 0.15) is 0 Å². The van der Waals surface area contributed by atoms with Gasteiger partial charge in [0.25, 0.3) is 0 Å². The molecular weight excluding hydrogens is 214 g/mol. The Hall–Kier alpha value is -0.730. The molecule has 0 radical (unpaired) electrons. The first-order valence-corrected chi connectivity index (χ1v) is 7.12. The van der Waals surface area contributed by atoms with Crippen LogP contribution in [-0.2, 0) is 4.74 Å². The summed E-state index contributed by atoms with van der Waals surface area (Å²) in [6.07, 6.45) is 8.89. The summed E-state index contributed by atoms with van der Waals surface area (Å²) in [4.78, 5) is 11.5. The fourth-order valence-electron chi connectivity index (χ4n) is 3.42. The summed E-state index contributed by atoms with van der Waals surface area (Å²) in [6.45, 7) is 3.77. The minimum absolute atomic E-state index is 0.0268. The maximum atomic E-state index is 11.5. The third-order valence-corrected chi connectivity index (χ3v) is 4.20. The Morgan fingerprint density at radius 2 is 1.82 bits per heavy atom. The second kappa shape index (κ2) is 5.74. The second-order valence-corrected chi connectivity index (χ2v) is 5.91. The predicted octanol–water partition coefficient (Wildman–Crippen LogP) is 3.48. The molecular formula is C14H25NO2. The van der Waals surface area contributed by atoms with E-state index in [-0.39, 0.29) is 12.2 Å². The van der Waals surface area contributed by atoms with Gasteiger partial charge >= 0.3 is 6.09 Å². The third-order valence-electron chi connectivity index (χ3n) is 4.20. The van der Waals surface area contributed by atoms with Crippen LogP contribution in [0.1, 0.15) is 58.8 Å². The van der Waals surface area contributed by atoms with Gasteiger partial charge in [-0.05, 0) is 44.9 Å². The van der Waals surface area contributed by atoms with Crippen molar-refractivity contribution in [3.63, 3.8) is 0 Å². The molecule has 0 spiro atoms. The highest BCUT2D eigenvalue weighted by Crippen LogP contribution is 2.40. The van der Waals surface area contributed by atoms with Crippen molar-refractivity contribution in [2.75, 3.05) is 0 Å². The molecule has 2 fully saturated rings. The zero-order valence-corrected chi connectivity index (χ0v) is 11.1. The summed E-state index contributed by atoms with van der Waals surface area (Å²) >= 11 is 0. The molecule has 1 amide bonds. The van der Waals surface area contributed by atoms with Crippen LogP contribution in [0.15, 0.2) is 0 Å². The number of amides is 1. The number of carbonyl (C=O) groups is 1. The molecule has 98 valence electrons. The Morgan fingerprint density at radius 3 is 2.53 bits per heavy atom. The lowest BCUT2D eigenvalue weighted by Crippen LogP contribution is -2.42. The van der Waals surface area contributed by atoms with Crippen LogP contribution in [0.4, 0.5) is 4.79 Å². The van der Waals surface area contributed by atoms with Crippen molar-refractivity contribution in [3.8, 4) is 0 Å². The number of ether oxygens (including phenoxy) is 1. The van der Waals surface area contributed by atoms with Crippen LogP contribution in [0.2, 0.25) is 0 Å². The van der Waals surface area contributed by atoms with Gasteiger partial charge in [0.05, 0.1) is 6.10 Å². The van der Waals surface area contributed by atoms with Gasteiger partial charge < -0.3 is 10.1 Å². The van der Waals surface area contributed by atoms with E-state index >= 15 is 0 Å². The molecule has 17 heavy (non-hydrogen) atoms. The predicted molar refractivity (Wildman–Crippen MR) is 67.8 cm³/mol. The van der Waals surface area contributed by atoms with E-state index in [0.717, 1.165) is 24.7 Å². The van der Waals surface area contributed by atoms with Gasteiger partial charge in [0.2, 0.25) is 0 Å². The quantitative estimate of drug-likeness (QED) is 0.801. The maximum Gasteiger partial charge on any atom is 0.407 e. The van der Waals surface area contributed by atoms with Crippen LogP contribution in [0.25, 0.3) is 0 Å². The van der Waals surface area contributed by atoms with E-state index in [2.05, 4.69) is 5.32 Å². The number of hydrogen-bond acceptors (Lipinski definition) is 2. The molecule has 2 rings (SSSR count). The molecule has 2 saturated carbocycles. The number of carbonyl (C=O) groups excluding carboxylic acids is 1. The van der Waals surface area contributed by atoms with Gasteiger partial charge in [-0.15, -0.1) is 0 Å². The fourth-order valence-corrected chi connectivity index (χ4v) is 3.42. The molecule has 0 aliphatic heterocycles. The van der Waals surface area contributed by atoms with Crippen molar-refractivity contribution in [1.82, 2.24) is 5.32 Å². The van der Waals surface area contributed by atoms with Crippen LogP contribution < -0.4 is 5.32 Å². The van der Waals surface area contributed by atoms with E-state index in [0.29, 0.717) is 6.04 Å². The zero-order valence-electron chi connectivity index (χ0n) is 11.1. The first-order valence-electron chi connectivity index (χ1n) is 7.12. The minimum Gasteiger partial charge on any atom is -0.447 e. The lowest BCUT2D eigenvalue weighted by molar-refractivity contribution is 0.0979. The Kier molecular flexibility index (Phi) is 4.30. The van der Waals surface area contributed by atoms with Crippen molar-refractivity contribution in [2.24, 2.45) is 11.8 Å². The summed E-state index contributed by atoms with van der Waals surface area (Å²) in [6, 6.07) is 0.348. The minimum atomic E-state index is -0.237. The van der Waals surface area contributed by atoms with Gasteiger partial charge in [-0.3, -0.25) is 0 Å². The number of nitrogens with one attached hydrogen (secondary N) is 1. The fraction of sp³-hybridized carbons (Fsp3) is 0.929. The average Bonchev–Trinajstić information content (AvgIpc) is 2.27. The highest BCUT2D eigenvalue weighted by atomic mass is 16.6. The number of fused-ring (bicyclic) bond motifs is 1. The Bertz CT molecular complexity index is 265. The first-order chi connectivity index (χ1) is 8.15. The van der Waals surface area contributed by atoms with Gasteiger partial charge in [0.15, 0.2) is 0 Å². The molecule has 2 aliphatic carbocycles. The van der Waals surface area contributed by atoms with Crippen molar-refractivity contribution in [1.29, 1.82) is 0 Å². The summed E-state index contributed by atoms with van der Waals surface area (Å²) in [5, 5.41) is 3.02. The summed E-state index contributed by atoms with van der Waals surface area (Å²) in [5.41, 5.74) is 0. The summed E-state index contributed by atoms with van der Waals surface area (Å²) in [7, 11) is 0. The Morgan fingerprint density at radius 1 is 1.12 bits per heavy atom. The third kappa shape index (κ3) is 3.62. The van der Waals surface area contributed by atoms with Crippen LogP contribution in [-0.4, -0.2) is 18.2 Å². The Balaban J connectivity index is 1.77. The van der Waals surface area contributed by atoms with Crippen LogP contribution in [0.5, 0.6) is 0 Å². The number of alkyl carbamates (subject to hydrolysis) is 1. The number of rotatable bonds is 2. The van der Waals surface area contributed by atoms with Crippen molar-refractivity contribution in [2.45, 2.75) is 70.9 Å². The molecule has 3 nitrogen and oxygen atoms in total. The van der Waals surface area contributed by atoms with Crippen LogP contribution >= 0.6 is 0 Å². The highest BCUT2D eigenvalue weighted by Gasteiger charge is 2.32. The number of hydrogen-bond donors (Lipinski definition) is 1. The van der Waals surface area contributed by atoms with E-state index < -0.39 is 0 Å². The molecule has 2 aliphatic rings. The van der Waals surface area contributed by atoms with Gasteiger partial charge in [0, 0.05) is 6.04 Å². The topological polar surface area (TPSA) is 38.3 Å². The van der Waals surface area contributed by atoms with Crippen molar-refractivity contribution >= 4 is 6.09 Å². The monoisotopic (exact) mass is 239 g/mol. The molecule has 0 aromatic carbocycles. The largest absolute Gasteiger partial charge is 0.447 e. The summed E-state index contributed by atoms with van der Waals surface area (Å²) < 4.78 is 5.14.